The van der Waals surface area contributed by atoms with Gasteiger partial charge in [-0.15, -0.1) is 0 Å². The summed E-state index contributed by atoms with van der Waals surface area (Å²) in [7, 11) is 0. The van der Waals surface area contributed by atoms with Crippen molar-refractivity contribution < 1.29 is 0 Å². The average Bonchev–Trinajstić information content (AvgIpc) is 2.48. The maximum absolute atomic E-state index is 12.0. The molecule has 0 atom stereocenters. The normalized spacial score (nSPS) is 10.8. The van der Waals surface area contributed by atoms with Crippen LogP contribution in [0.25, 0.3) is 11.0 Å². The summed E-state index contributed by atoms with van der Waals surface area (Å²) < 4.78 is 1.40. The highest BCUT2D eigenvalue weighted by atomic mass is 35.5. The van der Waals surface area contributed by atoms with E-state index in [0.717, 1.165) is 10.9 Å². The third-order valence-electron chi connectivity index (χ3n) is 3.13. The Kier molecular flexibility index (Phi) is 3.82. The Bertz CT molecular complexity index is 841. The molecule has 2 heterocycles. The first-order valence-corrected chi connectivity index (χ1v) is 7.06. The van der Waals surface area contributed by atoms with Gasteiger partial charge in [-0.05, 0) is 30.3 Å². The van der Waals surface area contributed by atoms with Crippen molar-refractivity contribution in [3.8, 4) is 0 Å². The molecule has 1 N–H and O–H groups in total. The van der Waals surface area contributed by atoms with Gasteiger partial charge in [0.1, 0.15) is 0 Å². The lowest BCUT2D eigenvalue weighted by atomic mass is 10.2. The van der Waals surface area contributed by atoms with Gasteiger partial charge in [0.15, 0.2) is 5.65 Å². The second-order valence-electron chi connectivity index (χ2n) is 4.46. The molecule has 0 fully saturated rings. The number of hydrogen-bond donors (Lipinski definition) is 1. The van der Waals surface area contributed by atoms with Crippen molar-refractivity contribution >= 4 is 34.2 Å². The van der Waals surface area contributed by atoms with Crippen LogP contribution in [-0.2, 0) is 6.54 Å². The minimum absolute atomic E-state index is 0.190. The van der Waals surface area contributed by atoms with Crippen molar-refractivity contribution in [1.29, 1.82) is 0 Å². The Morgan fingerprint density at radius 2 is 1.81 bits per heavy atom. The fourth-order valence-corrected chi connectivity index (χ4v) is 2.61. The summed E-state index contributed by atoms with van der Waals surface area (Å²) in [4.78, 5) is 16.3. The van der Waals surface area contributed by atoms with Crippen LogP contribution in [0, 0.1) is 0 Å². The summed E-state index contributed by atoms with van der Waals surface area (Å²) >= 11 is 12.3. The van der Waals surface area contributed by atoms with Crippen molar-refractivity contribution in [3.63, 3.8) is 0 Å². The molecule has 0 saturated heterocycles. The predicted octanol–water partition coefficient (Wildman–Crippen LogP) is 3.45. The Balaban J connectivity index is 1.99. The van der Waals surface area contributed by atoms with Crippen LogP contribution in [0.3, 0.4) is 0 Å². The number of nitrogens with one attached hydrogen (secondary N) is 1. The van der Waals surface area contributed by atoms with E-state index in [-0.39, 0.29) is 5.56 Å². The number of aromatic nitrogens is 2. The molecule has 0 spiro atoms. The van der Waals surface area contributed by atoms with Crippen LogP contribution in [-0.4, -0.2) is 9.66 Å². The Labute approximate surface area is 130 Å². The van der Waals surface area contributed by atoms with Gasteiger partial charge in [-0.25, -0.2) is 9.66 Å². The van der Waals surface area contributed by atoms with Gasteiger partial charge in [-0.2, -0.15) is 0 Å². The molecule has 106 valence electrons. The maximum atomic E-state index is 12.0. The van der Waals surface area contributed by atoms with E-state index in [2.05, 4.69) is 10.4 Å². The first-order valence-electron chi connectivity index (χ1n) is 6.30. The van der Waals surface area contributed by atoms with Crippen LogP contribution < -0.4 is 11.0 Å². The molecule has 0 aliphatic heterocycles. The molecule has 0 amide bonds. The van der Waals surface area contributed by atoms with Gasteiger partial charge >= 0.3 is 0 Å². The minimum Gasteiger partial charge on any atom is -0.317 e. The van der Waals surface area contributed by atoms with Gasteiger partial charge in [-0.3, -0.25) is 4.79 Å². The van der Waals surface area contributed by atoms with E-state index in [1.165, 1.54) is 10.7 Å². The fourth-order valence-electron chi connectivity index (χ4n) is 2.08. The summed E-state index contributed by atoms with van der Waals surface area (Å²) in [6, 6.07) is 12.2. The van der Waals surface area contributed by atoms with Gasteiger partial charge in [0.25, 0.3) is 5.56 Å². The lowest BCUT2D eigenvalue weighted by Gasteiger charge is -2.13. The maximum Gasteiger partial charge on any atom is 0.270 e. The molecule has 0 aliphatic carbocycles. The third kappa shape index (κ3) is 2.73. The number of benzene rings is 1. The summed E-state index contributed by atoms with van der Waals surface area (Å²) in [5, 5.41) is 1.97. The number of fused-ring (bicyclic) bond motifs is 1. The van der Waals surface area contributed by atoms with Gasteiger partial charge in [0.05, 0.1) is 6.54 Å². The molecule has 4 nitrogen and oxygen atoms in total. The van der Waals surface area contributed by atoms with E-state index in [1.54, 1.807) is 30.5 Å². The number of nitrogens with zero attached hydrogens (tertiary/aromatic N) is 2. The van der Waals surface area contributed by atoms with Gasteiger partial charge < -0.3 is 5.43 Å². The van der Waals surface area contributed by atoms with E-state index >= 15 is 0 Å². The smallest absolute Gasteiger partial charge is 0.270 e. The molecule has 0 unspecified atom stereocenters. The number of rotatable bonds is 3. The lowest BCUT2D eigenvalue weighted by molar-refractivity contribution is 0.824. The Hall–Kier alpha value is -2.04. The second kappa shape index (κ2) is 5.76. The van der Waals surface area contributed by atoms with Crippen molar-refractivity contribution in [1.82, 2.24) is 9.66 Å². The van der Waals surface area contributed by atoms with Crippen LogP contribution in [0.1, 0.15) is 5.56 Å². The Morgan fingerprint density at radius 1 is 1.05 bits per heavy atom. The van der Waals surface area contributed by atoms with Crippen molar-refractivity contribution in [3.05, 3.63) is 74.6 Å². The topological polar surface area (TPSA) is 46.9 Å². The summed E-state index contributed by atoms with van der Waals surface area (Å²) in [6.07, 6.45) is 1.64. The first kappa shape index (κ1) is 13.9. The fraction of sp³-hybridized carbons (Fsp3) is 0.0667. The highest BCUT2D eigenvalue weighted by Crippen LogP contribution is 2.24. The van der Waals surface area contributed by atoms with Gasteiger partial charge in [0.2, 0.25) is 0 Å². The number of hydrogen-bond acceptors (Lipinski definition) is 3. The monoisotopic (exact) mass is 319 g/mol. The van der Waals surface area contributed by atoms with Crippen molar-refractivity contribution in [2.75, 3.05) is 5.43 Å². The van der Waals surface area contributed by atoms with Crippen molar-refractivity contribution in [2.45, 2.75) is 6.54 Å². The largest absolute Gasteiger partial charge is 0.317 e. The average molecular weight is 320 g/mol. The number of pyridine rings is 2. The first-order chi connectivity index (χ1) is 10.2. The predicted molar refractivity (Wildman–Crippen MR) is 85.5 cm³/mol. The van der Waals surface area contributed by atoms with E-state index in [1.807, 2.05) is 12.1 Å². The van der Waals surface area contributed by atoms with E-state index in [4.69, 9.17) is 23.2 Å². The molecular weight excluding hydrogens is 309 g/mol. The zero-order valence-electron chi connectivity index (χ0n) is 10.9. The van der Waals surface area contributed by atoms with Crippen molar-refractivity contribution in [2.24, 2.45) is 0 Å². The molecule has 0 saturated carbocycles. The molecule has 1 aromatic carbocycles. The summed E-state index contributed by atoms with van der Waals surface area (Å²) in [5.41, 5.74) is 4.14. The zero-order valence-corrected chi connectivity index (χ0v) is 12.4. The summed E-state index contributed by atoms with van der Waals surface area (Å²) in [6.45, 7) is 0.327. The molecule has 2 aromatic heterocycles. The van der Waals surface area contributed by atoms with E-state index in [0.29, 0.717) is 22.2 Å². The van der Waals surface area contributed by atoms with E-state index in [9.17, 15) is 4.79 Å². The highest BCUT2D eigenvalue weighted by molar-refractivity contribution is 6.36. The van der Waals surface area contributed by atoms with E-state index < -0.39 is 0 Å². The van der Waals surface area contributed by atoms with Gasteiger partial charge in [0, 0.05) is 33.3 Å². The standard InChI is InChI=1S/C15H11Cl2N3O/c16-12-4-1-5-13(17)11(12)9-19-20-14(21)7-6-10-3-2-8-18-15(10)20/h1-8,19H,9H2. The summed E-state index contributed by atoms with van der Waals surface area (Å²) in [5.74, 6) is 0. The van der Waals surface area contributed by atoms with Crippen LogP contribution in [0.5, 0.6) is 0 Å². The molecule has 6 heteroatoms. The molecule has 21 heavy (non-hydrogen) atoms. The molecule has 0 aliphatic rings. The molecule has 0 radical (unpaired) electrons. The van der Waals surface area contributed by atoms with Crippen LogP contribution in [0.2, 0.25) is 10.0 Å². The highest BCUT2D eigenvalue weighted by Gasteiger charge is 2.07. The SMILES string of the molecule is O=c1ccc2cccnc2n1NCc1c(Cl)cccc1Cl. The molecule has 0 bridgehead atoms. The van der Waals surface area contributed by atoms with Crippen LogP contribution >= 0.6 is 23.2 Å². The number of halogens is 2. The quantitative estimate of drug-likeness (QED) is 0.804. The lowest BCUT2D eigenvalue weighted by Crippen LogP contribution is -2.29. The van der Waals surface area contributed by atoms with Crippen LogP contribution in [0.4, 0.5) is 0 Å². The molecule has 3 rings (SSSR count). The van der Waals surface area contributed by atoms with Gasteiger partial charge in [-0.1, -0.05) is 29.3 Å². The second-order valence-corrected chi connectivity index (χ2v) is 5.27. The Morgan fingerprint density at radius 3 is 2.57 bits per heavy atom. The zero-order chi connectivity index (χ0) is 14.8. The third-order valence-corrected chi connectivity index (χ3v) is 3.84. The minimum atomic E-state index is -0.190. The van der Waals surface area contributed by atoms with Crippen LogP contribution in [0.15, 0.2) is 53.5 Å². The molecular formula is C15H11Cl2N3O. The molecule has 3 aromatic rings.